The van der Waals surface area contributed by atoms with Crippen LogP contribution in [-0.4, -0.2) is 25.8 Å². The Bertz CT molecular complexity index is 696. The number of hydrogen-bond donors (Lipinski definition) is 0. The summed E-state index contributed by atoms with van der Waals surface area (Å²) >= 11 is 7.44. The van der Waals surface area contributed by atoms with E-state index in [4.69, 9.17) is 11.6 Å². The number of ketones is 1. The lowest BCUT2D eigenvalue weighted by atomic mass is 10.2. The molecule has 3 rings (SSSR count). The molecule has 1 aliphatic carbocycles. The van der Waals surface area contributed by atoms with Crippen LogP contribution >= 0.6 is 23.4 Å². The summed E-state index contributed by atoms with van der Waals surface area (Å²) in [6, 6.07) is 7.50. The van der Waals surface area contributed by atoms with Crippen molar-refractivity contribution in [3.63, 3.8) is 0 Å². The van der Waals surface area contributed by atoms with Crippen LogP contribution in [0.2, 0.25) is 5.02 Å². The average molecular weight is 334 g/mol. The van der Waals surface area contributed by atoms with E-state index in [0.29, 0.717) is 23.8 Å². The van der Waals surface area contributed by atoms with E-state index in [1.54, 1.807) is 0 Å². The van der Waals surface area contributed by atoms with Crippen LogP contribution in [0.3, 0.4) is 0 Å². The van der Waals surface area contributed by atoms with E-state index in [1.807, 2.05) is 34.9 Å². The van der Waals surface area contributed by atoms with Gasteiger partial charge in [0.05, 0.1) is 5.25 Å². The summed E-state index contributed by atoms with van der Waals surface area (Å²) in [6.45, 7) is 4.40. The van der Waals surface area contributed by atoms with Gasteiger partial charge in [-0.2, -0.15) is 0 Å². The topological polar surface area (TPSA) is 47.8 Å². The summed E-state index contributed by atoms with van der Waals surface area (Å²) in [6.07, 6.45) is 4.37. The van der Waals surface area contributed by atoms with Crippen molar-refractivity contribution in [1.29, 1.82) is 0 Å². The minimum absolute atomic E-state index is 0.00540. The number of thioether (sulfide) groups is 1. The summed E-state index contributed by atoms with van der Waals surface area (Å²) in [5.41, 5.74) is 0.948. The molecule has 1 saturated carbocycles. The Hall–Kier alpha value is -1.59. The minimum Gasteiger partial charge on any atom is -0.298 e. The molecule has 0 amide bonds. The molecule has 0 radical (unpaired) electrons. The lowest BCUT2D eigenvalue weighted by molar-refractivity contribution is -0.116. The summed E-state index contributed by atoms with van der Waals surface area (Å²) in [5, 5.41) is 10.0. The Labute approximate surface area is 138 Å². The van der Waals surface area contributed by atoms with Crippen molar-refractivity contribution in [2.24, 2.45) is 0 Å². The zero-order valence-corrected chi connectivity index (χ0v) is 13.6. The molecule has 1 aromatic carbocycles. The summed E-state index contributed by atoms with van der Waals surface area (Å²) in [4.78, 5) is 11.8. The standard InChI is InChI=1S/C16H16ClN3OS/c1-2-10-20-15(11-6-8-12(17)9-7-11)18-19-16(20)22-14-5-3-4-13(14)21/h2,6-9,14H,1,3-5,10H2/t14-/m1/s1. The Morgan fingerprint density at radius 2 is 2.14 bits per heavy atom. The number of benzene rings is 1. The fourth-order valence-electron chi connectivity index (χ4n) is 2.52. The van der Waals surface area contributed by atoms with E-state index in [-0.39, 0.29) is 5.25 Å². The van der Waals surface area contributed by atoms with E-state index in [0.717, 1.165) is 29.4 Å². The molecule has 0 aliphatic heterocycles. The number of rotatable bonds is 5. The van der Waals surface area contributed by atoms with Gasteiger partial charge in [0.2, 0.25) is 0 Å². The maximum absolute atomic E-state index is 11.8. The molecule has 4 nitrogen and oxygen atoms in total. The molecular weight excluding hydrogens is 318 g/mol. The van der Waals surface area contributed by atoms with Crippen molar-refractivity contribution >= 4 is 29.1 Å². The van der Waals surface area contributed by atoms with Crippen LogP contribution in [0.15, 0.2) is 42.1 Å². The van der Waals surface area contributed by atoms with Crippen LogP contribution in [0.25, 0.3) is 11.4 Å². The van der Waals surface area contributed by atoms with Gasteiger partial charge in [-0.1, -0.05) is 29.4 Å². The van der Waals surface area contributed by atoms with E-state index in [2.05, 4.69) is 16.8 Å². The van der Waals surface area contributed by atoms with Gasteiger partial charge in [0, 0.05) is 23.6 Å². The molecule has 0 N–H and O–H groups in total. The molecule has 1 fully saturated rings. The normalized spacial score (nSPS) is 17.9. The fraction of sp³-hybridized carbons (Fsp3) is 0.312. The lowest BCUT2D eigenvalue weighted by Crippen LogP contribution is -2.10. The molecule has 22 heavy (non-hydrogen) atoms. The highest BCUT2D eigenvalue weighted by Gasteiger charge is 2.27. The first-order chi connectivity index (χ1) is 10.7. The first kappa shape index (κ1) is 15.3. The van der Waals surface area contributed by atoms with E-state index in [1.165, 1.54) is 11.8 Å². The van der Waals surface area contributed by atoms with Crippen molar-refractivity contribution < 1.29 is 4.79 Å². The van der Waals surface area contributed by atoms with Crippen molar-refractivity contribution in [1.82, 2.24) is 14.8 Å². The van der Waals surface area contributed by atoms with Crippen molar-refractivity contribution in [2.75, 3.05) is 0 Å². The highest BCUT2D eigenvalue weighted by Crippen LogP contribution is 2.33. The number of carbonyl (C=O) groups is 1. The van der Waals surface area contributed by atoms with Crippen LogP contribution in [0.5, 0.6) is 0 Å². The Kier molecular flexibility index (Phi) is 4.64. The zero-order chi connectivity index (χ0) is 15.5. The fourth-order valence-corrected chi connectivity index (χ4v) is 3.81. The number of nitrogens with zero attached hydrogens (tertiary/aromatic N) is 3. The van der Waals surface area contributed by atoms with Crippen LogP contribution < -0.4 is 0 Å². The molecule has 114 valence electrons. The number of Topliss-reactive ketones (excluding diaryl/α,β-unsaturated/α-hetero) is 1. The smallest absolute Gasteiger partial charge is 0.192 e. The molecular formula is C16H16ClN3OS. The average Bonchev–Trinajstić information content (AvgIpc) is 3.09. The molecule has 1 aliphatic rings. The van der Waals surface area contributed by atoms with Gasteiger partial charge in [0.25, 0.3) is 0 Å². The second kappa shape index (κ2) is 6.67. The Morgan fingerprint density at radius 3 is 2.77 bits per heavy atom. The number of halogens is 1. The zero-order valence-electron chi connectivity index (χ0n) is 12.0. The molecule has 2 aromatic rings. The van der Waals surface area contributed by atoms with Gasteiger partial charge in [-0.05, 0) is 37.1 Å². The van der Waals surface area contributed by atoms with Crippen LogP contribution in [0.4, 0.5) is 0 Å². The number of hydrogen-bond acceptors (Lipinski definition) is 4. The molecule has 1 aromatic heterocycles. The molecule has 1 heterocycles. The second-order valence-electron chi connectivity index (χ2n) is 5.18. The number of carbonyl (C=O) groups excluding carboxylic acids is 1. The first-order valence-corrected chi connectivity index (χ1v) is 8.44. The SMILES string of the molecule is C=CCn1c(S[C@@H]2CCCC2=O)nnc1-c1ccc(Cl)cc1. The van der Waals surface area contributed by atoms with Gasteiger partial charge < -0.3 is 0 Å². The predicted octanol–water partition coefficient (Wildman–Crippen LogP) is 4.00. The maximum Gasteiger partial charge on any atom is 0.192 e. The Morgan fingerprint density at radius 1 is 1.36 bits per heavy atom. The first-order valence-electron chi connectivity index (χ1n) is 7.18. The van der Waals surface area contributed by atoms with Crippen molar-refractivity contribution in [2.45, 2.75) is 36.2 Å². The van der Waals surface area contributed by atoms with Gasteiger partial charge in [-0.25, -0.2) is 0 Å². The van der Waals surface area contributed by atoms with E-state index >= 15 is 0 Å². The molecule has 0 unspecified atom stereocenters. The third-order valence-electron chi connectivity index (χ3n) is 3.63. The Balaban J connectivity index is 1.92. The molecule has 6 heteroatoms. The lowest BCUT2D eigenvalue weighted by Gasteiger charge is -2.10. The highest BCUT2D eigenvalue weighted by molar-refractivity contribution is 8.00. The number of aromatic nitrogens is 3. The van der Waals surface area contributed by atoms with E-state index in [9.17, 15) is 4.79 Å². The predicted molar refractivity (Wildman–Crippen MR) is 89.2 cm³/mol. The third kappa shape index (κ3) is 3.10. The van der Waals surface area contributed by atoms with Gasteiger partial charge >= 0.3 is 0 Å². The molecule has 0 spiro atoms. The van der Waals surface area contributed by atoms with Crippen molar-refractivity contribution in [3.8, 4) is 11.4 Å². The van der Waals surface area contributed by atoms with Gasteiger partial charge in [0.15, 0.2) is 11.0 Å². The second-order valence-corrected chi connectivity index (χ2v) is 6.78. The minimum atomic E-state index is 0.00540. The molecule has 0 bridgehead atoms. The van der Waals surface area contributed by atoms with E-state index < -0.39 is 0 Å². The maximum atomic E-state index is 11.8. The van der Waals surface area contributed by atoms with Crippen LogP contribution in [-0.2, 0) is 11.3 Å². The largest absolute Gasteiger partial charge is 0.298 e. The van der Waals surface area contributed by atoms with Gasteiger partial charge in [-0.15, -0.1) is 16.8 Å². The van der Waals surface area contributed by atoms with Crippen molar-refractivity contribution in [3.05, 3.63) is 41.9 Å². The van der Waals surface area contributed by atoms with Gasteiger partial charge in [0.1, 0.15) is 5.78 Å². The monoisotopic (exact) mass is 333 g/mol. The number of allylic oxidation sites excluding steroid dienone is 1. The van der Waals surface area contributed by atoms with Gasteiger partial charge in [-0.3, -0.25) is 9.36 Å². The quantitative estimate of drug-likeness (QED) is 0.776. The summed E-state index contributed by atoms with van der Waals surface area (Å²) < 4.78 is 1.99. The summed E-state index contributed by atoms with van der Waals surface area (Å²) in [7, 11) is 0. The molecule has 1 atom stereocenters. The van der Waals surface area contributed by atoms with Crippen LogP contribution in [0, 0.1) is 0 Å². The molecule has 0 saturated heterocycles. The summed E-state index contributed by atoms with van der Waals surface area (Å²) in [5.74, 6) is 1.08. The third-order valence-corrected chi connectivity index (χ3v) is 5.18. The highest BCUT2D eigenvalue weighted by atomic mass is 35.5. The van der Waals surface area contributed by atoms with Crippen LogP contribution in [0.1, 0.15) is 19.3 Å².